The highest BCUT2D eigenvalue weighted by Crippen LogP contribution is 2.37. The maximum atomic E-state index is 3.56. The SMILES string of the molecule is CCC[N+](CC)=C1C=CC(=C(c2ccc(N(CC)CC)cc2)c2ccc(NCC)c3c2/C=C\CC=C=C3)C=C1. The Morgan fingerprint density at radius 2 is 1.62 bits per heavy atom. The zero-order valence-corrected chi connectivity index (χ0v) is 24.4. The molecule has 0 spiro atoms. The fourth-order valence-electron chi connectivity index (χ4n) is 5.48. The monoisotopic (exact) mass is 518 g/mol. The van der Waals surface area contributed by atoms with E-state index >= 15 is 0 Å². The Morgan fingerprint density at radius 1 is 0.872 bits per heavy atom. The molecule has 0 radical (unpaired) electrons. The van der Waals surface area contributed by atoms with Gasteiger partial charge in [-0.25, -0.2) is 4.58 Å². The van der Waals surface area contributed by atoms with Gasteiger partial charge in [0.1, 0.15) is 13.1 Å². The lowest BCUT2D eigenvalue weighted by molar-refractivity contribution is -0.522. The molecule has 0 aliphatic heterocycles. The van der Waals surface area contributed by atoms with E-state index in [-0.39, 0.29) is 0 Å². The van der Waals surface area contributed by atoms with Crippen molar-refractivity contribution in [2.24, 2.45) is 0 Å². The molecule has 2 aliphatic carbocycles. The van der Waals surface area contributed by atoms with E-state index in [1.165, 1.54) is 44.8 Å². The van der Waals surface area contributed by atoms with Crippen LogP contribution in [0.15, 0.2) is 84.2 Å². The molecule has 0 amide bonds. The molecule has 0 fully saturated rings. The Kier molecular flexibility index (Phi) is 10.00. The molecular formula is C36H44N3+. The summed E-state index contributed by atoms with van der Waals surface area (Å²) in [4.78, 5) is 2.39. The van der Waals surface area contributed by atoms with Crippen molar-refractivity contribution in [3.8, 4) is 0 Å². The van der Waals surface area contributed by atoms with E-state index in [4.69, 9.17) is 0 Å². The van der Waals surface area contributed by atoms with Crippen LogP contribution in [0.4, 0.5) is 11.4 Å². The summed E-state index contributed by atoms with van der Waals surface area (Å²) in [6.45, 7) is 16.0. The molecule has 2 aromatic carbocycles. The quantitative estimate of drug-likeness (QED) is 0.252. The summed E-state index contributed by atoms with van der Waals surface area (Å²) < 4.78 is 2.45. The van der Waals surface area contributed by atoms with Crippen LogP contribution in [-0.4, -0.2) is 43.0 Å². The summed E-state index contributed by atoms with van der Waals surface area (Å²) in [7, 11) is 0. The van der Waals surface area contributed by atoms with Gasteiger partial charge < -0.3 is 10.2 Å². The molecule has 3 nitrogen and oxygen atoms in total. The third-order valence-electron chi connectivity index (χ3n) is 7.49. The first-order valence-corrected chi connectivity index (χ1v) is 14.7. The summed E-state index contributed by atoms with van der Waals surface area (Å²) in [5.74, 6) is 0. The average molecular weight is 519 g/mol. The van der Waals surface area contributed by atoms with Gasteiger partial charge in [-0.15, -0.1) is 5.73 Å². The summed E-state index contributed by atoms with van der Waals surface area (Å²) in [5.41, 5.74) is 14.5. The van der Waals surface area contributed by atoms with Crippen LogP contribution in [0.25, 0.3) is 17.7 Å². The third kappa shape index (κ3) is 6.44. The summed E-state index contributed by atoms with van der Waals surface area (Å²) in [5, 5.41) is 3.56. The van der Waals surface area contributed by atoms with Crippen molar-refractivity contribution in [1.29, 1.82) is 0 Å². The molecule has 0 unspecified atom stereocenters. The van der Waals surface area contributed by atoms with Crippen molar-refractivity contribution in [3.63, 3.8) is 0 Å². The first-order chi connectivity index (χ1) is 19.1. The molecule has 0 aromatic heterocycles. The number of anilines is 2. The normalized spacial score (nSPS) is 14.6. The maximum Gasteiger partial charge on any atom is 0.199 e. The second-order valence-electron chi connectivity index (χ2n) is 9.89. The zero-order chi connectivity index (χ0) is 27.6. The standard InChI is InChI=1S/C36H43N3/c1-6-27-39(10-5)31-23-19-29(20-24-31)36(28-17-21-30(22-18-28)38(8-3)9-4)34-25-26-35(37-7-2)33-16-14-12-11-13-15-32(33)34/h12-13,15-26H,6-11,27H2,1-5H3/p+1/b15-13-. The molecule has 2 aromatic rings. The van der Waals surface area contributed by atoms with Crippen LogP contribution < -0.4 is 10.2 Å². The summed E-state index contributed by atoms with van der Waals surface area (Å²) >= 11 is 0. The molecular weight excluding hydrogens is 474 g/mol. The van der Waals surface area contributed by atoms with E-state index in [0.29, 0.717) is 0 Å². The van der Waals surface area contributed by atoms with Crippen molar-refractivity contribution in [2.75, 3.05) is 42.9 Å². The number of nitrogens with one attached hydrogen (secondary N) is 1. The minimum Gasteiger partial charge on any atom is -0.385 e. The molecule has 0 bridgehead atoms. The fraction of sp³-hybridized carbons (Fsp3) is 0.333. The molecule has 1 N–H and O–H groups in total. The number of fused-ring (bicyclic) bond motifs is 1. The molecule has 0 saturated carbocycles. The van der Waals surface area contributed by atoms with E-state index in [1.54, 1.807) is 0 Å². The third-order valence-corrected chi connectivity index (χ3v) is 7.49. The van der Waals surface area contributed by atoms with Crippen LogP contribution >= 0.6 is 0 Å². The van der Waals surface area contributed by atoms with Crippen molar-refractivity contribution in [1.82, 2.24) is 0 Å². The lowest BCUT2D eigenvalue weighted by Gasteiger charge is -2.23. The maximum absolute atomic E-state index is 3.56. The molecule has 0 heterocycles. The number of hydrogen-bond acceptors (Lipinski definition) is 2. The van der Waals surface area contributed by atoms with E-state index in [9.17, 15) is 0 Å². The highest BCUT2D eigenvalue weighted by molar-refractivity contribution is 6.04. The molecule has 2 aliphatic rings. The number of allylic oxidation sites excluding steroid dienone is 7. The number of benzene rings is 2. The molecule has 39 heavy (non-hydrogen) atoms. The Bertz CT molecular complexity index is 1350. The molecule has 3 heteroatoms. The van der Waals surface area contributed by atoms with E-state index in [0.717, 1.165) is 51.3 Å². The lowest BCUT2D eigenvalue weighted by atomic mass is 9.85. The van der Waals surface area contributed by atoms with Crippen molar-refractivity contribution >= 4 is 34.8 Å². The fourth-order valence-corrected chi connectivity index (χ4v) is 5.48. The van der Waals surface area contributed by atoms with Crippen LogP contribution in [-0.2, 0) is 0 Å². The second-order valence-corrected chi connectivity index (χ2v) is 9.89. The Hall–Kier alpha value is -3.81. The van der Waals surface area contributed by atoms with Gasteiger partial charge in [0.2, 0.25) is 0 Å². The zero-order valence-electron chi connectivity index (χ0n) is 24.4. The minimum atomic E-state index is 0.879. The van der Waals surface area contributed by atoms with Gasteiger partial charge in [-0.2, -0.15) is 0 Å². The molecule has 202 valence electrons. The van der Waals surface area contributed by atoms with Gasteiger partial charge in [-0.05, 0) is 104 Å². The Balaban J connectivity index is 1.94. The highest BCUT2D eigenvalue weighted by Gasteiger charge is 2.19. The molecule has 0 saturated heterocycles. The summed E-state index contributed by atoms with van der Waals surface area (Å²) in [6.07, 6.45) is 20.0. The summed E-state index contributed by atoms with van der Waals surface area (Å²) in [6, 6.07) is 13.6. The van der Waals surface area contributed by atoms with Crippen LogP contribution in [0, 0.1) is 0 Å². The van der Waals surface area contributed by atoms with E-state index in [1.807, 2.05) is 0 Å². The largest absolute Gasteiger partial charge is 0.385 e. The van der Waals surface area contributed by atoms with Crippen LogP contribution in [0.3, 0.4) is 0 Å². The van der Waals surface area contributed by atoms with Crippen molar-refractivity contribution < 1.29 is 4.58 Å². The first-order valence-electron chi connectivity index (χ1n) is 14.7. The Labute approximate surface area is 236 Å². The predicted molar refractivity (Wildman–Crippen MR) is 172 cm³/mol. The molecule has 4 rings (SSSR count). The number of rotatable bonds is 10. The predicted octanol–water partition coefficient (Wildman–Crippen LogP) is 8.36. The van der Waals surface area contributed by atoms with Gasteiger partial charge in [0.05, 0.1) is 0 Å². The van der Waals surface area contributed by atoms with Crippen LogP contribution in [0.5, 0.6) is 0 Å². The van der Waals surface area contributed by atoms with Crippen molar-refractivity contribution in [3.05, 3.63) is 106 Å². The second kappa shape index (κ2) is 13.8. The highest BCUT2D eigenvalue weighted by atomic mass is 15.1. The van der Waals surface area contributed by atoms with E-state index < -0.39 is 0 Å². The van der Waals surface area contributed by atoms with Gasteiger partial charge in [-0.1, -0.05) is 37.3 Å². The van der Waals surface area contributed by atoms with Gasteiger partial charge >= 0.3 is 0 Å². The lowest BCUT2D eigenvalue weighted by Crippen LogP contribution is -2.21. The Morgan fingerprint density at radius 3 is 2.26 bits per heavy atom. The van der Waals surface area contributed by atoms with Crippen molar-refractivity contribution in [2.45, 2.75) is 47.5 Å². The van der Waals surface area contributed by atoms with Gasteiger partial charge in [-0.3, -0.25) is 0 Å². The smallest absolute Gasteiger partial charge is 0.199 e. The molecule has 0 atom stereocenters. The van der Waals surface area contributed by atoms with Crippen LogP contribution in [0.1, 0.15) is 69.7 Å². The minimum absolute atomic E-state index is 0.879. The topological polar surface area (TPSA) is 18.3 Å². The van der Waals surface area contributed by atoms with Gasteiger partial charge in [0, 0.05) is 55.1 Å². The van der Waals surface area contributed by atoms with E-state index in [2.05, 4.69) is 140 Å². The number of hydrogen-bond donors (Lipinski definition) is 1. The van der Waals surface area contributed by atoms with Gasteiger partial charge in [0.25, 0.3) is 0 Å². The van der Waals surface area contributed by atoms with Gasteiger partial charge in [0.15, 0.2) is 5.71 Å². The van der Waals surface area contributed by atoms with Crippen LogP contribution in [0.2, 0.25) is 0 Å². The number of nitrogens with zero attached hydrogens (tertiary/aromatic N) is 2. The average Bonchev–Trinajstić information content (AvgIpc) is 2.95. The first kappa shape index (κ1) is 28.2.